The number of aliphatic imine (C=N–C) groups is 1. The molecule has 0 saturated carbocycles. The summed E-state index contributed by atoms with van der Waals surface area (Å²) in [5.41, 5.74) is 0.902. The highest BCUT2D eigenvalue weighted by molar-refractivity contribution is 14.0. The van der Waals surface area contributed by atoms with Crippen LogP contribution < -0.4 is 10.6 Å². The molecular formula is C16H27IN4O3. The van der Waals surface area contributed by atoms with Gasteiger partial charge in [-0.05, 0) is 32.3 Å². The number of halogens is 1. The molecule has 0 amide bonds. The molecule has 0 radical (unpaired) electrons. The van der Waals surface area contributed by atoms with Crippen LogP contribution in [0.3, 0.4) is 0 Å². The second kappa shape index (κ2) is 14.0. The summed E-state index contributed by atoms with van der Waals surface area (Å²) in [7, 11) is 0. The first kappa shape index (κ1) is 22.6. The molecule has 7 nitrogen and oxygen atoms in total. The second-order valence-corrected chi connectivity index (χ2v) is 4.95. The molecule has 0 aliphatic carbocycles. The normalized spacial score (nSPS) is 10.8. The lowest BCUT2D eigenvalue weighted by Gasteiger charge is -2.11. The van der Waals surface area contributed by atoms with E-state index in [4.69, 9.17) is 4.74 Å². The van der Waals surface area contributed by atoms with Crippen LogP contribution in [0.25, 0.3) is 0 Å². The molecule has 136 valence electrons. The van der Waals surface area contributed by atoms with Gasteiger partial charge in [0.25, 0.3) is 5.69 Å². The van der Waals surface area contributed by atoms with E-state index in [9.17, 15) is 10.1 Å². The molecule has 0 heterocycles. The average Bonchev–Trinajstić information content (AvgIpc) is 2.56. The van der Waals surface area contributed by atoms with Crippen LogP contribution in [-0.2, 0) is 11.3 Å². The van der Waals surface area contributed by atoms with Crippen LogP contribution in [0.4, 0.5) is 5.69 Å². The van der Waals surface area contributed by atoms with Gasteiger partial charge < -0.3 is 15.4 Å². The number of guanidine groups is 1. The van der Waals surface area contributed by atoms with Crippen molar-refractivity contribution >= 4 is 35.6 Å². The minimum absolute atomic E-state index is 0. The van der Waals surface area contributed by atoms with Crippen molar-refractivity contribution in [3.05, 3.63) is 39.9 Å². The van der Waals surface area contributed by atoms with Crippen molar-refractivity contribution in [3.63, 3.8) is 0 Å². The molecule has 1 rings (SSSR count). The maximum absolute atomic E-state index is 10.8. The maximum Gasteiger partial charge on any atom is 0.269 e. The number of ether oxygens (including phenoxy) is 1. The third kappa shape index (κ3) is 9.66. The van der Waals surface area contributed by atoms with Gasteiger partial charge in [0.05, 0.1) is 11.5 Å². The highest BCUT2D eigenvalue weighted by atomic mass is 127. The Morgan fingerprint density at radius 1 is 1.29 bits per heavy atom. The Morgan fingerprint density at radius 3 is 2.75 bits per heavy atom. The molecule has 0 spiro atoms. The van der Waals surface area contributed by atoms with Crippen molar-refractivity contribution in [2.45, 2.75) is 33.2 Å². The number of hydrogen-bond acceptors (Lipinski definition) is 4. The molecule has 1 aromatic carbocycles. The van der Waals surface area contributed by atoms with E-state index < -0.39 is 4.92 Å². The highest BCUT2D eigenvalue weighted by Crippen LogP contribution is 2.13. The first-order valence-electron chi connectivity index (χ1n) is 8.00. The molecule has 0 saturated heterocycles. The van der Waals surface area contributed by atoms with Gasteiger partial charge in [0.2, 0.25) is 0 Å². The van der Waals surface area contributed by atoms with Crippen molar-refractivity contribution in [2.75, 3.05) is 26.3 Å². The van der Waals surface area contributed by atoms with Gasteiger partial charge in [-0.15, -0.1) is 24.0 Å². The number of unbranched alkanes of at least 4 members (excludes halogenated alkanes) is 1. The number of non-ortho nitro benzene ring substituents is 1. The van der Waals surface area contributed by atoms with Crippen molar-refractivity contribution in [1.82, 2.24) is 10.6 Å². The number of rotatable bonds is 10. The molecule has 0 aliphatic heterocycles. The number of benzene rings is 1. The summed E-state index contributed by atoms with van der Waals surface area (Å²) < 4.78 is 5.30. The summed E-state index contributed by atoms with van der Waals surface area (Å²) >= 11 is 0. The first-order valence-corrected chi connectivity index (χ1v) is 8.00. The van der Waals surface area contributed by atoms with Crippen LogP contribution in [0.15, 0.2) is 29.3 Å². The van der Waals surface area contributed by atoms with Gasteiger partial charge in [-0.2, -0.15) is 0 Å². The van der Waals surface area contributed by atoms with Crippen molar-refractivity contribution < 1.29 is 9.66 Å². The Bertz CT molecular complexity index is 512. The Labute approximate surface area is 160 Å². The molecule has 0 aromatic heterocycles. The summed E-state index contributed by atoms with van der Waals surface area (Å²) in [4.78, 5) is 14.8. The van der Waals surface area contributed by atoms with E-state index in [1.165, 1.54) is 6.07 Å². The molecule has 0 bridgehead atoms. The highest BCUT2D eigenvalue weighted by Gasteiger charge is 2.05. The zero-order valence-corrected chi connectivity index (χ0v) is 16.6. The van der Waals surface area contributed by atoms with Gasteiger partial charge >= 0.3 is 0 Å². The van der Waals surface area contributed by atoms with Crippen molar-refractivity contribution in [2.24, 2.45) is 4.99 Å². The van der Waals surface area contributed by atoms with E-state index >= 15 is 0 Å². The summed E-state index contributed by atoms with van der Waals surface area (Å²) in [6.07, 6.45) is 2.01. The van der Waals surface area contributed by atoms with Gasteiger partial charge in [-0.1, -0.05) is 12.1 Å². The lowest BCUT2D eigenvalue weighted by Crippen LogP contribution is -2.37. The number of nitro benzene ring substituents is 1. The third-order valence-electron chi connectivity index (χ3n) is 3.10. The largest absolute Gasteiger partial charge is 0.382 e. The van der Waals surface area contributed by atoms with Crippen LogP contribution >= 0.6 is 24.0 Å². The number of nitrogens with one attached hydrogen (secondary N) is 2. The Hall–Kier alpha value is -1.42. The lowest BCUT2D eigenvalue weighted by molar-refractivity contribution is -0.384. The van der Waals surface area contributed by atoms with Gasteiger partial charge in [0.15, 0.2) is 5.96 Å². The van der Waals surface area contributed by atoms with Gasteiger partial charge in [0.1, 0.15) is 0 Å². The van der Waals surface area contributed by atoms with Crippen LogP contribution in [0.5, 0.6) is 0 Å². The minimum atomic E-state index is -0.394. The first-order chi connectivity index (χ1) is 11.2. The summed E-state index contributed by atoms with van der Waals surface area (Å²) in [5, 5.41) is 17.2. The van der Waals surface area contributed by atoms with Crippen molar-refractivity contribution in [1.29, 1.82) is 0 Å². The Morgan fingerprint density at radius 2 is 2.08 bits per heavy atom. The standard InChI is InChI=1S/C16H26N4O3.HI/c1-3-17-16(18-10-5-6-11-23-4-2)19-13-14-8-7-9-15(12-14)20(21)22;/h7-9,12H,3-6,10-11,13H2,1-2H3,(H2,17,18,19);1H. The smallest absolute Gasteiger partial charge is 0.269 e. The molecule has 24 heavy (non-hydrogen) atoms. The molecule has 0 aliphatic rings. The fraction of sp³-hybridized carbons (Fsp3) is 0.562. The van der Waals surface area contributed by atoms with E-state index in [1.54, 1.807) is 12.1 Å². The molecule has 2 N–H and O–H groups in total. The van der Waals surface area contributed by atoms with Gasteiger partial charge in [-0.3, -0.25) is 10.1 Å². The van der Waals surface area contributed by atoms with E-state index in [2.05, 4.69) is 15.6 Å². The maximum atomic E-state index is 10.8. The summed E-state index contributed by atoms with van der Waals surface area (Å²) in [6.45, 7) is 7.49. The fourth-order valence-corrected chi connectivity index (χ4v) is 1.96. The van der Waals surface area contributed by atoms with Crippen LogP contribution in [0.2, 0.25) is 0 Å². The SMILES string of the molecule is CCNC(=NCc1cccc([N+](=O)[O-])c1)NCCCCOCC.I. The van der Waals surface area contributed by atoms with Crippen LogP contribution in [-0.4, -0.2) is 37.2 Å². The van der Waals surface area contributed by atoms with Crippen LogP contribution in [0, 0.1) is 10.1 Å². The van der Waals surface area contributed by atoms with E-state index in [-0.39, 0.29) is 29.7 Å². The van der Waals surface area contributed by atoms with Crippen molar-refractivity contribution in [3.8, 4) is 0 Å². The van der Waals surface area contributed by atoms with E-state index in [0.717, 1.165) is 50.7 Å². The summed E-state index contributed by atoms with van der Waals surface area (Å²) in [5.74, 6) is 0.718. The lowest BCUT2D eigenvalue weighted by atomic mass is 10.2. The Kier molecular flexibility index (Phi) is 13.1. The summed E-state index contributed by atoms with van der Waals surface area (Å²) in [6, 6.07) is 6.55. The zero-order chi connectivity index (χ0) is 16.9. The topological polar surface area (TPSA) is 88.8 Å². The molecule has 0 fully saturated rings. The number of nitro groups is 1. The third-order valence-corrected chi connectivity index (χ3v) is 3.10. The quantitative estimate of drug-likeness (QED) is 0.143. The molecule has 1 aromatic rings. The molecule has 8 heteroatoms. The molecule has 0 atom stereocenters. The van der Waals surface area contributed by atoms with Crippen LogP contribution in [0.1, 0.15) is 32.3 Å². The number of nitrogens with zero attached hydrogens (tertiary/aromatic N) is 2. The van der Waals surface area contributed by atoms with E-state index in [1.807, 2.05) is 19.9 Å². The second-order valence-electron chi connectivity index (χ2n) is 4.95. The minimum Gasteiger partial charge on any atom is -0.382 e. The molecule has 0 unspecified atom stereocenters. The molecular weight excluding hydrogens is 423 g/mol. The zero-order valence-electron chi connectivity index (χ0n) is 14.3. The van der Waals surface area contributed by atoms with Gasteiger partial charge in [-0.25, -0.2) is 4.99 Å². The Balaban J connectivity index is 0.00000529. The van der Waals surface area contributed by atoms with Gasteiger partial charge in [0, 0.05) is 38.4 Å². The van der Waals surface area contributed by atoms with E-state index in [0.29, 0.717) is 6.54 Å². The monoisotopic (exact) mass is 450 g/mol. The predicted molar refractivity (Wildman–Crippen MR) is 107 cm³/mol. The number of hydrogen-bond donors (Lipinski definition) is 2. The fourth-order valence-electron chi connectivity index (χ4n) is 1.96. The predicted octanol–water partition coefficient (Wildman–Crippen LogP) is 3.08. The average molecular weight is 450 g/mol.